The highest BCUT2D eigenvalue weighted by Crippen LogP contribution is 1.80. The first-order valence-electron chi connectivity index (χ1n) is 3.70. The predicted molar refractivity (Wildman–Crippen MR) is 45.4 cm³/mol. The Morgan fingerprint density at radius 2 is 2.33 bits per heavy atom. The Balaban J connectivity index is 3.50. The van der Waals surface area contributed by atoms with E-state index in [4.69, 9.17) is 0 Å². The Kier molecular flexibility index (Phi) is 5.80. The minimum atomic E-state index is -0.563. The molecule has 0 heterocycles. The van der Waals surface area contributed by atoms with Gasteiger partial charge < -0.3 is 10.6 Å². The van der Waals surface area contributed by atoms with E-state index in [1.54, 1.807) is 13.8 Å². The number of hydrogen-bond donors (Lipinski definition) is 2. The molecule has 2 amide bonds. The maximum Gasteiger partial charge on any atom is 0.315 e. The second-order valence-electron chi connectivity index (χ2n) is 2.31. The topological polar surface area (TPSA) is 41.1 Å². The largest absolute Gasteiger partial charge is 0.333 e. The number of halogens is 1. The summed E-state index contributed by atoms with van der Waals surface area (Å²) in [5.74, 6) is 5.28. The smallest absolute Gasteiger partial charge is 0.315 e. The molecule has 3 nitrogen and oxygen atoms in total. The second-order valence-corrected chi connectivity index (χ2v) is 2.31. The van der Waals surface area contributed by atoms with Gasteiger partial charge in [0.15, 0.2) is 0 Å². The third-order valence-corrected chi connectivity index (χ3v) is 1.12. The summed E-state index contributed by atoms with van der Waals surface area (Å²) in [6, 6.07) is -0.831. The van der Waals surface area contributed by atoms with Gasteiger partial charge in [0.1, 0.15) is 6.67 Å². The van der Waals surface area contributed by atoms with Gasteiger partial charge in [-0.3, -0.25) is 0 Å². The summed E-state index contributed by atoms with van der Waals surface area (Å²) >= 11 is 0. The summed E-state index contributed by atoms with van der Waals surface area (Å²) in [5, 5.41) is 4.85. The lowest BCUT2D eigenvalue weighted by molar-refractivity contribution is 0.236. The van der Waals surface area contributed by atoms with Crippen LogP contribution in [0.4, 0.5) is 9.18 Å². The van der Waals surface area contributed by atoms with Crippen molar-refractivity contribution < 1.29 is 9.18 Å². The fourth-order valence-corrected chi connectivity index (χ4v) is 0.526. The summed E-state index contributed by atoms with van der Waals surface area (Å²) in [6.45, 7) is 3.00. The molecule has 0 radical (unpaired) electrons. The van der Waals surface area contributed by atoms with E-state index in [0.717, 1.165) is 0 Å². The molecule has 2 N–H and O–H groups in total. The van der Waals surface area contributed by atoms with Gasteiger partial charge in [0.2, 0.25) is 0 Å². The van der Waals surface area contributed by atoms with Crippen molar-refractivity contribution in [3.05, 3.63) is 0 Å². The van der Waals surface area contributed by atoms with Gasteiger partial charge in [-0.2, -0.15) is 0 Å². The summed E-state index contributed by atoms with van der Waals surface area (Å²) < 4.78 is 11.9. The molecule has 0 aromatic rings. The summed E-state index contributed by atoms with van der Waals surface area (Å²) in [5.41, 5.74) is 0. The Bertz CT molecular complexity index is 195. The SMILES string of the molecule is CC#CCNC(=O)NC(C)CF. The maximum atomic E-state index is 11.9. The molecule has 68 valence electrons. The molecule has 0 aliphatic carbocycles. The zero-order valence-corrected chi connectivity index (χ0v) is 7.28. The van der Waals surface area contributed by atoms with Crippen molar-refractivity contribution in [1.82, 2.24) is 10.6 Å². The van der Waals surface area contributed by atoms with Crippen LogP contribution in [0.1, 0.15) is 13.8 Å². The first-order valence-corrected chi connectivity index (χ1v) is 3.70. The first kappa shape index (κ1) is 10.8. The lowest BCUT2D eigenvalue weighted by Gasteiger charge is -2.09. The molecular weight excluding hydrogens is 159 g/mol. The highest BCUT2D eigenvalue weighted by Gasteiger charge is 2.03. The quantitative estimate of drug-likeness (QED) is 0.603. The molecule has 0 fully saturated rings. The van der Waals surface area contributed by atoms with E-state index in [2.05, 4.69) is 22.5 Å². The fraction of sp³-hybridized carbons (Fsp3) is 0.625. The molecule has 1 unspecified atom stereocenters. The molecule has 0 rings (SSSR count). The molecule has 0 saturated heterocycles. The summed E-state index contributed by atoms with van der Waals surface area (Å²) in [7, 11) is 0. The number of hydrogen-bond acceptors (Lipinski definition) is 1. The average molecular weight is 172 g/mol. The van der Waals surface area contributed by atoms with Crippen LogP contribution in [0.3, 0.4) is 0 Å². The Morgan fingerprint density at radius 3 is 2.83 bits per heavy atom. The second kappa shape index (κ2) is 6.47. The highest BCUT2D eigenvalue weighted by atomic mass is 19.1. The van der Waals surface area contributed by atoms with Crippen LogP contribution in [0, 0.1) is 11.8 Å². The van der Waals surface area contributed by atoms with Crippen molar-refractivity contribution in [2.24, 2.45) is 0 Å². The van der Waals surface area contributed by atoms with Crippen molar-refractivity contribution in [3.63, 3.8) is 0 Å². The van der Waals surface area contributed by atoms with Gasteiger partial charge in [0.25, 0.3) is 0 Å². The Labute approximate surface area is 71.7 Å². The molecule has 0 saturated carbocycles. The van der Waals surface area contributed by atoms with Gasteiger partial charge in [-0.05, 0) is 13.8 Å². The minimum Gasteiger partial charge on any atom is -0.333 e. The van der Waals surface area contributed by atoms with E-state index >= 15 is 0 Å². The van der Waals surface area contributed by atoms with Crippen LogP contribution in [-0.2, 0) is 0 Å². The van der Waals surface area contributed by atoms with Gasteiger partial charge in [-0.1, -0.05) is 5.92 Å². The van der Waals surface area contributed by atoms with Crippen molar-refractivity contribution in [2.75, 3.05) is 13.2 Å². The van der Waals surface area contributed by atoms with Crippen LogP contribution in [0.25, 0.3) is 0 Å². The van der Waals surface area contributed by atoms with Crippen molar-refractivity contribution in [3.8, 4) is 11.8 Å². The minimum absolute atomic E-state index is 0.293. The van der Waals surface area contributed by atoms with E-state index in [-0.39, 0.29) is 6.03 Å². The van der Waals surface area contributed by atoms with E-state index in [0.29, 0.717) is 6.54 Å². The van der Waals surface area contributed by atoms with Crippen molar-refractivity contribution in [2.45, 2.75) is 19.9 Å². The van der Waals surface area contributed by atoms with E-state index < -0.39 is 12.7 Å². The molecule has 0 aliphatic rings. The lowest BCUT2D eigenvalue weighted by atomic mass is 10.4. The predicted octanol–water partition coefficient (Wildman–Crippen LogP) is 0.667. The molecule has 1 atom stereocenters. The third-order valence-electron chi connectivity index (χ3n) is 1.12. The number of urea groups is 1. The number of amides is 2. The molecule has 0 bridgehead atoms. The first-order chi connectivity index (χ1) is 5.70. The Morgan fingerprint density at radius 1 is 1.67 bits per heavy atom. The van der Waals surface area contributed by atoms with Crippen LogP contribution in [0.2, 0.25) is 0 Å². The molecule has 0 aliphatic heterocycles. The lowest BCUT2D eigenvalue weighted by Crippen LogP contribution is -2.41. The summed E-state index contributed by atoms with van der Waals surface area (Å²) in [4.78, 5) is 10.8. The number of rotatable bonds is 3. The standard InChI is InChI=1S/C8H13FN2O/c1-3-4-5-10-8(12)11-7(2)6-9/h7H,5-6H2,1-2H3,(H2,10,11,12). The molecule has 12 heavy (non-hydrogen) atoms. The molecular formula is C8H13FN2O. The fourth-order valence-electron chi connectivity index (χ4n) is 0.526. The molecule has 4 heteroatoms. The molecule has 0 spiro atoms. The third kappa shape index (κ3) is 5.54. The van der Waals surface area contributed by atoms with Gasteiger partial charge in [0.05, 0.1) is 12.6 Å². The number of alkyl halides is 1. The van der Waals surface area contributed by atoms with E-state index in [9.17, 15) is 9.18 Å². The van der Waals surface area contributed by atoms with Crippen LogP contribution in [0.5, 0.6) is 0 Å². The number of nitrogens with one attached hydrogen (secondary N) is 2. The van der Waals surface area contributed by atoms with Crippen LogP contribution < -0.4 is 10.6 Å². The zero-order chi connectivity index (χ0) is 9.40. The van der Waals surface area contributed by atoms with Crippen molar-refractivity contribution >= 4 is 6.03 Å². The van der Waals surface area contributed by atoms with E-state index in [1.165, 1.54) is 0 Å². The Hall–Kier alpha value is -1.24. The van der Waals surface area contributed by atoms with Gasteiger partial charge in [-0.25, -0.2) is 9.18 Å². The summed E-state index contributed by atoms with van der Waals surface area (Å²) in [6.07, 6.45) is 0. The zero-order valence-electron chi connectivity index (χ0n) is 7.28. The van der Waals surface area contributed by atoms with Crippen LogP contribution in [-0.4, -0.2) is 25.3 Å². The van der Waals surface area contributed by atoms with Crippen LogP contribution >= 0.6 is 0 Å². The average Bonchev–Trinajstić information content (AvgIpc) is 2.05. The van der Waals surface area contributed by atoms with Crippen LogP contribution in [0.15, 0.2) is 0 Å². The number of carbonyl (C=O) groups excluding carboxylic acids is 1. The van der Waals surface area contributed by atoms with Gasteiger partial charge in [-0.15, -0.1) is 5.92 Å². The molecule has 0 aromatic carbocycles. The normalized spacial score (nSPS) is 10.9. The number of carbonyl (C=O) groups is 1. The molecule has 0 aromatic heterocycles. The van der Waals surface area contributed by atoms with Crippen molar-refractivity contribution in [1.29, 1.82) is 0 Å². The monoisotopic (exact) mass is 172 g/mol. The highest BCUT2D eigenvalue weighted by molar-refractivity contribution is 5.74. The van der Waals surface area contributed by atoms with Gasteiger partial charge >= 0.3 is 6.03 Å². The van der Waals surface area contributed by atoms with Gasteiger partial charge in [0, 0.05) is 0 Å². The van der Waals surface area contributed by atoms with E-state index in [1.807, 2.05) is 0 Å². The maximum absolute atomic E-state index is 11.9.